The Kier molecular flexibility index (Phi) is 6.04. The van der Waals surface area contributed by atoms with Crippen LogP contribution in [0.3, 0.4) is 0 Å². The highest BCUT2D eigenvalue weighted by Gasteiger charge is 2.27. The van der Waals surface area contributed by atoms with E-state index in [-0.39, 0.29) is 12.0 Å². The number of fused-ring (bicyclic) bond motifs is 1. The highest BCUT2D eigenvalue weighted by molar-refractivity contribution is 7.22. The molecule has 2 heterocycles. The van der Waals surface area contributed by atoms with Gasteiger partial charge < -0.3 is 9.47 Å². The van der Waals surface area contributed by atoms with Crippen LogP contribution in [0, 0.1) is 6.92 Å². The van der Waals surface area contributed by atoms with Gasteiger partial charge in [-0.05, 0) is 68.7 Å². The van der Waals surface area contributed by atoms with E-state index in [0.717, 1.165) is 41.0 Å². The smallest absolute Gasteiger partial charge is 0.260 e. The van der Waals surface area contributed by atoms with Gasteiger partial charge >= 0.3 is 0 Å². The van der Waals surface area contributed by atoms with Crippen molar-refractivity contribution in [2.24, 2.45) is 0 Å². The fourth-order valence-electron chi connectivity index (χ4n) is 3.51. The molecular weight excluding hydrogens is 408 g/mol. The fourth-order valence-corrected chi connectivity index (χ4v) is 4.94. The first-order valence-corrected chi connectivity index (χ1v) is 11.0. The number of thiazole rings is 1. The van der Waals surface area contributed by atoms with Crippen molar-refractivity contribution >= 4 is 44.2 Å². The van der Waals surface area contributed by atoms with Gasteiger partial charge in [0.2, 0.25) is 0 Å². The summed E-state index contributed by atoms with van der Waals surface area (Å²) in [4.78, 5) is 19.9. The van der Waals surface area contributed by atoms with E-state index in [1.165, 1.54) is 11.3 Å². The standard InChI is InChI=1S/C22H23ClN2O3S/c1-3-27-17-8-6-15(7-9-17)21(26)25(13-18-5-4-10-28-18)22-24-20-14(2)11-16(23)12-19(20)29-22/h6-9,11-12,18H,3-5,10,13H2,1-2H3. The monoisotopic (exact) mass is 430 g/mol. The summed E-state index contributed by atoms with van der Waals surface area (Å²) in [5, 5.41) is 1.34. The van der Waals surface area contributed by atoms with Gasteiger partial charge in [-0.3, -0.25) is 9.69 Å². The van der Waals surface area contributed by atoms with Gasteiger partial charge in [0.15, 0.2) is 5.13 Å². The van der Waals surface area contributed by atoms with Crippen molar-refractivity contribution < 1.29 is 14.3 Å². The summed E-state index contributed by atoms with van der Waals surface area (Å²) >= 11 is 7.70. The molecule has 1 fully saturated rings. The van der Waals surface area contributed by atoms with Crippen molar-refractivity contribution in [2.75, 3.05) is 24.7 Å². The Labute approximate surface area is 179 Å². The topological polar surface area (TPSA) is 51.7 Å². The molecule has 1 saturated heterocycles. The molecule has 1 unspecified atom stereocenters. The van der Waals surface area contributed by atoms with Crippen LogP contribution in [0.15, 0.2) is 36.4 Å². The van der Waals surface area contributed by atoms with Crippen molar-refractivity contribution in [3.8, 4) is 5.75 Å². The second-order valence-corrected chi connectivity index (χ2v) is 8.52. The molecule has 1 aliphatic heterocycles. The summed E-state index contributed by atoms with van der Waals surface area (Å²) in [6.45, 7) is 5.73. The van der Waals surface area contributed by atoms with Crippen molar-refractivity contribution in [3.05, 3.63) is 52.5 Å². The molecule has 4 rings (SSSR count). The van der Waals surface area contributed by atoms with E-state index in [9.17, 15) is 4.79 Å². The average Bonchev–Trinajstić information content (AvgIpc) is 3.36. The number of amides is 1. The van der Waals surface area contributed by atoms with Crippen LogP contribution in [0.5, 0.6) is 5.75 Å². The average molecular weight is 431 g/mol. The van der Waals surface area contributed by atoms with Crippen LogP contribution < -0.4 is 9.64 Å². The number of rotatable bonds is 6. The molecule has 0 bridgehead atoms. The zero-order valence-corrected chi connectivity index (χ0v) is 18.1. The first-order valence-electron chi connectivity index (χ1n) is 9.78. The Morgan fingerprint density at radius 3 is 2.83 bits per heavy atom. The number of benzene rings is 2. The lowest BCUT2D eigenvalue weighted by Crippen LogP contribution is -2.37. The third kappa shape index (κ3) is 4.39. The molecule has 1 amide bonds. The molecule has 5 nitrogen and oxygen atoms in total. The summed E-state index contributed by atoms with van der Waals surface area (Å²) in [6.07, 6.45) is 1.99. The molecule has 0 aliphatic carbocycles. The van der Waals surface area contributed by atoms with Crippen molar-refractivity contribution in [1.29, 1.82) is 0 Å². The lowest BCUT2D eigenvalue weighted by Gasteiger charge is -2.23. The molecule has 3 aromatic rings. The molecule has 0 N–H and O–H groups in total. The summed E-state index contributed by atoms with van der Waals surface area (Å²) in [5.74, 6) is 0.659. The lowest BCUT2D eigenvalue weighted by atomic mass is 10.1. The van der Waals surface area contributed by atoms with E-state index in [0.29, 0.717) is 28.9 Å². The predicted molar refractivity (Wildman–Crippen MR) is 118 cm³/mol. The van der Waals surface area contributed by atoms with Crippen LogP contribution in [-0.4, -0.2) is 36.8 Å². The van der Waals surface area contributed by atoms with E-state index in [2.05, 4.69) is 0 Å². The zero-order chi connectivity index (χ0) is 20.4. The first kappa shape index (κ1) is 20.1. The molecule has 1 aliphatic rings. The van der Waals surface area contributed by atoms with Crippen LogP contribution in [0.2, 0.25) is 5.02 Å². The van der Waals surface area contributed by atoms with E-state index >= 15 is 0 Å². The summed E-state index contributed by atoms with van der Waals surface area (Å²) in [5.41, 5.74) is 2.48. The Morgan fingerprint density at radius 2 is 2.14 bits per heavy atom. The third-order valence-corrected chi connectivity index (χ3v) is 6.18. The van der Waals surface area contributed by atoms with Crippen LogP contribution >= 0.6 is 22.9 Å². The molecule has 29 heavy (non-hydrogen) atoms. The maximum Gasteiger partial charge on any atom is 0.260 e. The number of aryl methyl sites for hydroxylation is 1. The Morgan fingerprint density at radius 1 is 1.34 bits per heavy atom. The summed E-state index contributed by atoms with van der Waals surface area (Å²) < 4.78 is 12.3. The summed E-state index contributed by atoms with van der Waals surface area (Å²) in [7, 11) is 0. The van der Waals surface area contributed by atoms with Crippen molar-refractivity contribution in [1.82, 2.24) is 4.98 Å². The predicted octanol–water partition coefficient (Wildman–Crippen LogP) is 5.48. The Bertz CT molecular complexity index is 1010. The lowest BCUT2D eigenvalue weighted by molar-refractivity contribution is 0.0917. The van der Waals surface area contributed by atoms with E-state index < -0.39 is 0 Å². The van der Waals surface area contributed by atoms with Crippen LogP contribution in [0.1, 0.15) is 35.7 Å². The molecule has 2 aromatic carbocycles. The van der Waals surface area contributed by atoms with Gasteiger partial charge in [0, 0.05) is 17.2 Å². The minimum Gasteiger partial charge on any atom is -0.494 e. The van der Waals surface area contributed by atoms with Crippen LogP contribution in [0.25, 0.3) is 10.2 Å². The van der Waals surface area contributed by atoms with Crippen molar-refractivity contribution in [3.63, 3.8) is 0 Å². The van der Waals surface area contributed by atoms with Crippen LogP contribution in [0.4, 0.5) is 5.13 Å². The van der Waals surface area contributed by atoms with Gasteiger partial charge in [0.25, 0.3) is 5.91 Å². The molecule has 7 heteroatoms. The minimum absolute atomic E-state index is 0.0262. The molecule has 1 aromatic heterocycles. The second kappa shape index (κ2) is 8.69. The molecule has 0 radical (unpaired) electrons. The van der Waals surface area contributed by atoms with Gasteiger partial charge in [-0.2, -0.15) is 0 Å². The zero-order valence-electron chi connectivity index (χ0n) is 16.5. The number of aromatic nitrogens is 1. The maximum atomic E-state index is 13.4. The highest BCUT2D eigenvalue weighted by Crippen LogP contribution is 2.34. The minimum atomic E-state index is -0.0913. The quantitative estimate of drug-likeness (QED) is 0.519. The van der Waals surface area contributed by atoms with Gasteiger partial charge in [-0.15, -0.1) is 0 Å². The fraction of sp³-hybridized carbons (Fsp3) is 0.364. The molecule has 1 atom stereocenters. The number of hydrogen-bond acceptors (Lipinski definition) is 5. The van der Waals surface area contributed by atoms with E-state index in [1.807, 2.05) is 38.1 Å². The number of nitrogens with zero attached hydrogens (tertiary/aromatic N) is 2. The molecule has 152 valence electrons. The number of halogens is 1. The first-order chi connectivity index (χ1) is 14.0. The molecular formula is C22H23ClN2O3S. The number of ether oxygens (including phenoxy) is 2. The van der Waals surface area contributed by atoms with Gasteiger partial charge in [0.05, 0.1) is 29.5 Å². The van der Waals surface area contributed by atoms with Gasteiger partial charge in [-0.25, -0.2) is 4.98 Å². The maximum absolute atomic E-state index is 13.4. The number of carbonyl (C=O) groups excluding carboxylic acids is 1. The van der Waals surface area contributed by atoms with Crippen LogP contribution in [-0.2, 0) is 4.74 Å². The number of anilines is 1. The SMILES string of the molecule is CCOc1ccc(C(=O)N(CC2CCCO2)c2nc3c(C)cc(Cl)cc3s2)cc1. The number of carbonyl (C=O) groups is 1. The van der Waals surface area contributed by atoms with Crippen molar-refractivity contribution in [2.45, 2.75) is 32.8 Å². The Balaban J connectivity index is 1.69. The summed E-state index contributed by atoms with van der Waals surface area (Å²) in [6, 6.07) is 11.0. The van der Waals surface area contributed by atoms with Gasteiger partial charge in [-0.1, -0.05) is 22.9 Å². The number of hydrogen-bond donors (Lipinski definition) is 0. The van der Waals surface area contributed by atoms with Gasteiger partial charge in [0.1, 0.15) is 5.75 Å². The van der Waals surface area contributed by atoms with E-state index in [1.54, 1.807) is 17.0 Å². The Hall–Kier alpha value is -2.15. The normalized spacial score (nSPS) is 16.3. The highest BCUT2D eigenvalue weighted by atomic mass is 35.5. The molecule has 0 saturated carbocycles. The third-order valence-electron chi connectivity index (χ3n) is 4.94. The molecule has 0 spiro atoms. The largest absolute Gasteiger partial charge is 0.494 e. The second-order valence-electron chi connectivity index (χ2n) is 7.07. The van der Waals surface area contributed by atoms with E-state index in [4.69, 9.17) is 26.1 Å².